The van der Waals surface area contributed by atoms with E-state index < -0.39 is 38.5 Å². The van der Waals surface area contributed by atoms with E-state index in [1.54, 1.807) is 0 Å². The zero-order chi connectivity index (χ0) is 16.5. The summed E-state index contributed by atoms with van der Waals surface area (Å²) in [5.74, 6) is -2.05. The quantitative estimate of drug-likeness (QED) is 0.917. The molecule has 0 aliphatic carbocycles. The Hall–Kier alpha value is -1.61. The van der Waals surface area contributed by atoms with Crippen molar-refractivity contribution in [2.45, 2.75) is 23.9 Å². The van der Waals surface area contributed by atoms with Gasteiger partial charge in [-0.3, -0.25) is 4.79 Å². The van der Waals surface area contributed by atoms with Gasteiger partial charge < -0.3 is 5.11 Å². The molecule has 0 aromatic heterocycles. The summed E-state index contributed by atoms with van der Waals surface area (Å²) in [6, 6.07) is 3.91. The predicted octanol–water partition coefficient (Wildman–Crippen LogP) is 2.19. The number of carboxylic acid groups (broad SMARTS) is 1. The van der Waals surface area contributed by atoms with Crippen LogP contribution in [-0.4, -0.2) is 36.9 Å². The molecule has 122 valence electrons. The molecule has 0 spiro atoms. The van der Waals surface area contributed by atoms with Crippen LogP contribution in [0.15, 0.2) is 29.2 Å². The number of hydrogen-bond donors (Lipinski definition) is 1. The number of benzene rings is 1. The van der Waals surface area contributed by atoms with Gasteiger partial charge in [-0.05, 0) is 25.0 Å². The Kier molecular flexibility index (Phi) is 4.48. The van der Waals surface area contributed by atoms with Gasteiger partial charge in [0.25, 0.3) is 0 Å². The number of alkyl halides is 3. The normalized spacial score (nSPS) is 20.8. The summed E-state index contributed by atoms with van der Waals surface area (Å²) in [6.45, 7) is -0.303. The predicted molar refractivity (Wildman–Crippen MR) is 70.6 cm³/mol. The van der Waals surface area contributed by atoms with E-state index in [2.05, 4.69) is 0 Å². The van der Waals surface area contributed by atoms with Crippen LogP contribution in [0.1, 0.15) is 18.4 Å². The number of carbonyl (C=O) groups is 1. The van der Waals surface area contributed by atoms with Crippen LogP contribution in [0.5, 0.6) is 0 Å². The Balaban J connectivity index is 2.41. The monoisotopic (exact) mass is 337 g/mol. The third-order valence-electron chi connectivity index (χ3n) is 3.54. The van der Waals surface area contributed by atoms with Crippen molar-refractivity contribution in [3.63, 3.8) is 0 Å². The van der Waals surface area contributed by atoms with Crippen molar-refractivity contribution in [2.75, 3.05) is 13.1 Å². The lowest BCUT2D eigenvalue weighted by Crippen LogP contribution is -2.42. The first-order valence-electron chi connectivity index (χ1n) is 6.53. The van der Waals surface area contributed by atoms with Crippen LogP contribution in [-0.2, 0) is 21.0 Å². The van der Waals surface area contributed by atoms with E-state index in [-0.39, 0.29) is 13.1 Å². The van der Waals surface area contributed by atoms with Crippen molar-refractivity contribution in [2.24, 2.45) is 5.92 Å². The average Bonchev–Trinajstić information content (AvgIpc) is 2.46. The van der Waals surface area contributed by atoms with Crippen LogP contribution in [0.4, 0.5) is 13.2 Å². The summed E-state index contributed by atoms with van der Waals surface area (Å²) < 4.78 is 64.7. The molecule has 0 saturated carbocycles. The standard InChI is InChI=1S/C13H14F3NO4S/c14-13(15,16)10-5-1-2-6-11(10)22(20,21)17-7-3-4-9(8-17)12(18)19/h1-2,5-6,9H,3-4,7-8H2,(H,18,19). The maximum atomic E-state index is 13.0. The second kappa shape index (κ2) is 5.88. The second-order valence-electron chi connectivity index (χ2n) is 5.03. The van der Waals surface area contributed by atoms with E-state index in [1.165, 1.54) is 6.07 Å². The van der Waals surface area contributed by atoms with Gasteiger partial charge in [0, 0.05) is 13.1 Å². The Morgan fingerprint density at radius 2 is 1.91 bits per heavy atom. The molecule has 1 N–H and O–H groups in total. The van der Waals surface area contributed by atoms with Gasteiger partial charge in [-0.25, -0.2) is 8.42 Å². The third kappa shape index (κ3) is 3.25. The molecule has 1 aromatic rings. The highest BCUT2D eigenvalue weighted by atomic mass is 32.2. The molecular formula is C13H14F3NO4S. The first-order chi connectivity index (χ1) is 10.1. The van der Waals surface area contributed by atoms with Crippen LogP contribution >= 0.6 is 0 Å². The molecule has 1 saturated heterocycles. The lowest BCUT2D eigenvalue weighted by molar-refractivity contribution is -0.143. The zero-order valence-corrected chi connectivity index (χ0v) is 12.2. The molecule has 1 aromatic carbocycles. The van der Waals surface area contributed by atoms with E-state index in [9.17, 15) is 26.4 Å². The SMILES string of the molecule is O=C(O)C1CCCN(S(=O)(=O)c2ccccc2C(F)(F)F)C1. The Morgan fingerprint density at radius 3 is 2.50 bits per heavy atom. The topological polar surface area (TPSA) is 74.7 Å². The largest absolute Gasteiger partial charge is 0.481 e. The Bertz CT molecular complexity index is 672. The third-order valence-corrected chi connectivity index (χ3v) is 5.47. The number of carboxylic acids is 1. The second-order valence-corrected chi connectivity index (χ2v) is 6.94. The molecule has 1 heterocycles. The number of nitrogens with zero attached hydrogens (tertiary/aromatic N) is 1. The summed E-state index contributed by atoms with van der Waals surface area (Å²) in [4.78, 5) is 10.1. The number of rotatable bonds is 3. The molecule has 1 aliphatic heterocycles. The first kappa shape index (κ1) is 16.8. The molecule has 1 aliphatic rings. The van der Waals surface area contributed by atoms with Crippen molar-refractivity contribution in [3.05, 3.63) is 29.8 Å². The van der Waals surface area contributed by atoms with Crippen LogP contribution in [0, 0.1) is 5.92 Å². The number of aliphatic carboxylic acids is 1. The van der Waals surface area contributed by atoms with E-state index >= 15 is 0 Å². The molecular weight excluding hydrogens is 323 g/mol. The zero-order valence-electron chi connectivity index (χ0n) is 11.4. The molecule has 1 fully saturated rings. The minimum Gasteiger partial charge on any atom is -0.481 e. The fraction of sp³-hybridized carbons (Fsp3) is 0.462. The van der Waals surface area contributed by atoms with E-state index in [0.29, 0.717) is 18.9 Å². The van der Waals surface area contributed by atoms with Gasteiger partial charge >= 0.3 is 12.1 Å². The maximum absolute atomic E-state index is 13.0. The van der Waals surface area contributed by atoms with Crippen LogP contribution in [0.25, 0.3) is 0 Å². The van der Waals surface area contributed by atoms with Crippen molar-refractivity contribution < 1.29 is 31.5 Å². The number of halogens is 3. The minimum atomic E-state index is -4.80. The number of sulfonamides is 1. The Labute approximate surface area is 125 Å². The number of hydrogen-bond acceptors (Lipinski definition) is 3. The van der Waals surface area contributed by atoms with Gasteiger partial charge in [-0.2, -0.15) is 17.5 Å². The van der Waals surface area contributed by atoms with Gasteiger partial charge in [0.15, 0.2) is 0 Å². The molecule has 9 heteroatoms. The fourth-order valence-electron chi connectivity index (χ4n) is 2.43. The van der Waals surface area contributed by atoms with Crippen LogP contribution in [0.3, 0.4) is 0 Å². The minimum absolute atomic E-state index is 0.0122. The van der Waals surface area contributed by atoms with Gasteiger partial charge in [-0.15, -0.1) is 0 Å². The molecule has 22 heavy (non-hydrogen) atoms. The number of piperidine rings is 1. The van der Waals surface area contributed by atoms with Crippen molar-refractivity contribution in [1.29, 1.82) is 0 Å². The van der Waals surface area contributed by atoms with Crippen LogP contribution in [0.2, 0.25) is 0 Å². The lowest BCUT2D eigenvalue weighted by atomic mass is 10.0. The molecule has 0 amide bonds. The van der Waals surface area contributed by atoms with Crippen LogP contribution < -0.4 is 0 Å². The average molecular weight is 337 g/mol. The van der Waals surface area contributed by atoms with Crippen molar-refractivity contribution >= 4 is 16.0 Å². The highest BCUT2D eigenvalue weighted by Crippen LogP contribution is 2.36. The molecule has 5 nitrogen and oxygen atoms in total. The summed E-state index contributed by atoms with van der Waals surface area (Å²) >= 11 is 0. The maximum Gasteiger partial charge on any atom is 0.417 e. The molecule has 0 radical (unpaired) electrons. The summed E-state index contributed by atoms with van der Waals surface area (Å²) in [6.07, 6.45) is -4.20. The summed E-state index contributed by atoms with van der Waals surface area (Å²) in [5, 5.41) is 8.97. The fourth-order valence-corrected chi connectivity index (χ4v) is 4.16. The van der Waals surface area contributed by atoms with Gasteiger partial charge in [-0.1, -0.05) is 12.1 Å². The first-order valence-corrected chi connectivity index (χ1v) is 7.97. The van der Waals surface area contributed by atoms with Gasteiger partial charge in [0.05, 0.1) is 16.4 Å². The van der Waals surface area contributed by atoms with Gasteiger partial charge in [0.2, 0.25) is 10.0 Å². The van der Waals surface area contributed by atoms with Crippen molar-refractivity contribution in [3.8, 4) is 0 Å². The summed E-state index contributed by atoms with van der Waals surface area (Å²) in [7, 11) is -4.39. The molecule has 1 atom stereocenters. The molecule has 2 rings (SSSR count). The highest BCUT2D eigenvalue weighted by Gasteiger charge is 2.40. The Morgan fingerprint density at radius 1 is 1.27 bits per heavy atom. The highest BCUT2D eigenvalue weighted by molar-refractivity contribution is 7.89. The van der Waals surface area contributed by atoms with Gasteiger partial charge in [0.1, 0.15) is 0 Å². The lowest BCUT2D eigenvalue weighted by Gasteiger charge is -2.30. The summed E-state index contributed by atoms with van der Waals surface area (Å²) in [5.41, 5.74) is -1.24. The molecule has 0 bridgehead atoms. The van der Waals surface area contributed by atoms with E-state index in [4.69, 9.17) is 5.11 Å². The van der Waals surface area contributed by atoms with E-state index in [0.717, 1.165) is 16.4 Å². The van der Waals surface area contributed by atoms with E-state index in [1.807, 2.05) is 0 Å². The van der Waals surface area contributed by atoms with Crippen molar-refractivity contribution in [1.82, 2.24) is 4.31 Å². The smallest absolute Gasteiger partial charge is 0.417 e. The molecule has 1 unspecified atom stereocenters.